The Morgan fingerprint density at radius 1 is 1.25 bits per heavy atom. The van der Waals surface area contributed by atoms with Crippen LogP contribution in [0.25, 0.3) is 0 Å². The molecule has 118 valence electrons. The van der Waals surface area contributed by atoms with Crippen LogP contribution in [0.3, 0.4) is 0 Å². The quantitative estimate of drug-likeness (QED) is 0.357. The molecule has 0 unspecified atom stereocenters. The summed E-state index contributed by atoms with van der Waals surface area (Å²) in [5.41, 5.74) is 1.60. The third-order valence-electron chi connectivity index (χ3n) is 3.62. The Kier molecular flexibility index (Phi) is 7.42. The summed E-state index contributed by atoms with van der Waals surface area (Å²) < 4.78 is 11.7. The maximum atomic E-state index is 11.8. The van der Waals surface area contributed by atoms with E-state index in [-0.39, 0.29) is 11.4 Å². The summed E-state index contributed by atoms with van der Waals surface area (Å²) in [5.74, 6) is -0.0961. The van der Waals surface area contributed by atoms with Gasteiger partial charge in [-0.3, -0.25) is 4.79 Å². The number of hydrogen-bond donors (Lipinski definition) is 0. The van der Waals surface area contributed by atoms with Crippen LogP contribution < -0.4 is 0 Å². The van der Waals surface area contributed by atoms with Gasteiger partial charge < -0.3 is 8.85 Å². The first-order valence-corrected chi connectivity index (χ1v) is 13.6. The van der Waals surface area contributed by atoms with Crippen molar-refractivity contribution in [1.82, 2.24) is 0 Å². The van der Waals surface area contributed by atoms with E-state index in [0.717, 1.165) is 18.9 Å². The summed E-state index contributed by atoms with van der Waals surface area (Å²) in [6.45, 7) is 19.0. The highest BCUT2D eigenvalue weighted by atomic mass is 28.4. The van der Waals surface area contributed by atoms with Crippen molar-refractivity contribution in [1.29, 1.82) is 0 Å². The van der Waals surface area contributed by atoms with Gasteiger partial charge in [0, 0.05) is 0 Å². The maximum Gasteiger partial charge on any atom is 0.311 e. The molecule has 0 saturated heterocycles. The lowest BCUT2D eigenvalue weighted by Gasteiger charge is -2.32. The van der Waals surface area contributed by atoms with Crippen LogP contribution >= 0.6 is 0 Å². The van der Waals surface area contributed by atoms with Crippen molar-refractivity contribution in [3.05, 3.63) is 12.3 Å². The molecule has 0 aromatic rings. The van der Waals surface area contributed by atoms with Crippen LogP contribution in [0.4, 0.5) is 0 Å². The molecule has 0 N–H and O–H groups in total. The normalized spacial score (nSPS) is 13.2. The summed E-state index contributed by atoms with van der Waals surface area (Å²) >= 11 is 0. The van der Waals surface area contributed by atoms with Crippen molar-refractivity contribution in [2.24, 2.45) is 5.41 Å². The molecule has 0 saturated carbocycles. The molecular weight excluding hydrogens is 284 g/mol. The Labute approximate surface area is 127 Å². The lowest BCUT2D eigenvalue weighted by Crippen LogP contribution is -2.43. The minimum atomic E-state index is -1.71. The highest BCUT2D eigenvalue weighted by molar-refractivity contribution is 6.87. The Bertz CT molecular complexity index is 336. The second kappa shape index (κ2) is 7.57. The van der Waals surface area contributed by atoms with Crippen LogP contribution in [0.1, 0.15) is 33.6 Å². The minimum Gasteiger partial charge on any atom is -0.465 e. The second-order valence-electron chi connectivity index (χ2n) is 7.15. The molecule has 0 aromatic carbocycles. The van der Waals surface area contributed by atoms with E-state index in [9.17, 15) is 4.79 Å². The van der Waals surface area contributed by atoms with Crippen LogP contribution in [0, 0.1) is 5.41 Å². The maximum absolute atomic E-state index is 11.8. The Hall–Kier alpha value is -0.396. The highest BCUT2D eigenvalue weighted by Crippen LogP contribution is 2.23. The molecule has 0 rings (SSSR count). The van der Waals surface area contributed by atoms with Crippen LogP contribution in [0.5, 0.6) is 0 Å². The number of ether oxygens (including phenoxy) is 1. The number of carbonyl (C=O) groups is 1. The molecule has 0 aliphatic carbocycles. The summed E-state index contributed by atoms with van der Waals surface area (Å²) in [7, 11) is -3.40. The molecular formula is C15H32O3Si2. The van der Waals surface area contributed by atoms with E-state index in [0.29, 0.717) is 6.61 Å². The Balaban J connectivity index is 4.12. The summed E-state index contributed by atoms with van der Waals surface area (Å²) in [4.78, 5) is 11.8. The summed E-state index contributed by atoms with van der Waals surface area (Å²) in [6, 6.07) is 1.01. The topological polar surface area (TPSA) is 35.5 Å². The lowest BCUT2D eigenvalue weighted by atomic mass is 9.91. The van der Waals surface area contributed by atoms with Gasteiger partial charge in [0.15, 0.2) is 16.6 Å². The van der Waals surface area contributed by atoms with Gasteiger partial charge in [-0.2, -0.15) is 0 Å². The van der Waals surface area contributed by atoms with Crippen LogP contribution in [-0.2, 0) is 13.6 Å². The van der Waals surface area contributed by atoms with Crippen LogP contribution in [0.15, 0.2) is 12.3 Å². The first-order valence-electron chi connectivity index (χ1n) is 7.47. The fraction of sp³-hybridized carbons (Fsp3) is 0.800. The van der Waals surface area contributed by atoms with Crippen LogP contribution in [0.2, 0.25) is 32.2 Å². The molecule has 0 heterocycles. The molecule has 0 aromatic heterocycles. The predicted octanol–water partition coefficient (Wildman–Crippen LogP) is 4.51. The average molecular weight is 317 g/mol. The largest absolute Gasteiger partial charge is 0.465 e. The van der Waals surface area contributed by atoms with E-state index in [1.807, 2.05) is 26.5 Å². The minimum absolute atomic E-state index is 0.0961. The molecule has 0 aliphatic heterocycles. The van der Waals surface area contributed by atoms with Gasteiger partial charge in [0.25, 0.3) is 0 Å². The van der Waals surface area contributed by atoms with E-state index >= 15 is 0 Å². The Morgan fingerprint density at radius 3 is 2.25 bits per heavy atom. The monoisotopic (exact) mass is 316 g/mol. The highest BCUT2D eigenvalue weighted by Gasteiger charge is 2.31. The van der Waals surface area contributed by atoms with E-state index < -0.39 is 16.6 Å². The number of carbonyl (C=O) groups excluding carboxylic acids is 1. The van der Waals surface area contributed by atoms with E-state index in [1.165, 1.54) is 0 Å². The molecule has 0 fully saturated rings. The molecule has 20 heavy (non-hydrogen) atoms. The van der Waals surface area contributed by atoms with Gasteiger partial charge in [-0.15, -0.1) is 6.58 Å². The smallest absolute Gasteiger partial charge is 0.311 e. The van der Waals surface area contributed by atoms with E-state index in [1.54, 1.807) is 0 Å². The molecule has 0 radical (unpaired) electrons. The Morgan fingerprint density at radius 2 is 1.80 bits per heavy atom. The molecule has 0 bridgehead atoms. The number of hydrogen-bond acceptors (Lipinski definition) is 3. The SMILES string of the molecule is C=C[Si](C)(C)O[Si](C)(C)CCCOC(=O)C(C)(C)CC. The van der Waals surface area contributed by atoms with Crippen molar-refractivity contribution in [3.63, 3.8) is 0 Å². The van der Waals surface area contributed by atoms with Gasteiger partial charge >= 0.3 is 5.97 Å². The molecule has 0 amide bonds. The zero-order valence-electron chi connectivity index (χ0n) is 14.3. The van der Waals surface area contributed by atoms with Crippen LogP contribution in [-0.4, -0.2) is 29.2 Å². The third kappa shape index (κ3) is 7.40. The fourth-order valence-electron chi connectivity index (χ4n) is 1.81. The van der Waals surface area contributed by atoms with Crippen molar-refractivity contribution in [3.8, 4) is 0 Å². The fourth-order valence-corrected chi connectivity index (χ4v) is 9.24. The second-order valence-corrected chi connectivity index (χ2v) is 15.6. The first-order chi connectivity index (χ1) is 8.96. The van der Waals surface area contributed by atoms with Gasteiger partial charge in [0.2, 0.25) is 0 Å². The average Bonchev–Trinajstić information content (AvgIpc) is 2.33. The zero-order chi connectivity index (χ0) is 16.0. The number of rotatable bonds is 9. The third-order valence-corrected chi connectivity index (χ3v) is 10.5. The van der Waals surface area contributed by atoms with E-state index in [4.69, 9.17) is 8.85 Å². The number of esters is 1. The van der Waals surface area contributed by atoms with Crippen molar-refractivity contribution in [2.75, 3.05) is 6.61 Å². The van der Waals surface area contributed by atoms with Gasteiger partial charge in [-0.05, 0) is 58.9 Å². The lowest BCUT2D eigenvalue weighted by molar-refractivity contribution is -0.154. The molecule has 3 nitrogen and oxygen atoms in total. The standard InChI is InChI=1S/C15H32O3Si2/c1-9-15(3,4)14(16)17-12-11-13-20(7,8)18-19(5,6)10-2/h10H,2,9,11-13H2,1,3-8H3. The van der Waals surface area contributed by atoms with Gasteiger partial charge in [-0.1, -0.05) is 12.6 Å². The predicted molar refractivity (Wildman–Crippen MR) is 90.7 cm³/mol. The first kappa shape index (κ1) is 19.6. The van der Waals surface area contributed by atoms with Crippen molar-refractivity contribution in [2.45, 2.75) is 65.8 Å². The van der Waals surface area contributed by atoms with Gasteiger partial charge in [0.1, 0.15) is 0 Å². The molecule has 5 heteroatoms. The summed E-state index contributed by atoms with van der Waals surface area (Å²) in [6.07, 6.45) is 1.68. The van der Waals surface area contributed by atoms with Gasteiger partial charge in [0.05, 0.1) is 12.0 Å². The molecule has 0 spiro atoms. The molecule has 0 atom stereocenters. The van der Waals surface area contributed by atoms with Gasteiger partial charge in [-0.25, -0.2) is 0 Å². The zero-order valence-corrected chi connectivity index (χ0v) is 16.3. The molecule has 0 aliphatic rings. The van der Waals surface area contributed by atoms with Crippen molar-refractivity contribution >= 4 is 22.6 Å². The summed E-state index contributed by atoms with van der Waals surface area (Å²) in [5, 5.41) is 0. The van der Waals surface area contributed by atoms with E-state index in [2.05, 4.69) is 32.8 Å². The van der Waals surface area contributed by atoms with Crippen molar-refractivity contribution < 1.29 is 13.6 Å².